The van der Waals surface area contributed by atoms with Crippen molar-refractivity contribution in [2.45, 2.75) is 232 Å². The van der Waals surface area contributed by atoms with E-state index >= 15 is 0 Å². The molecule has 0 atom stereocenters. The Labute approximate surface area is 254 Å². The first-order valence-electron chi connectivity index (χ1n) is 19.0. The molecule has 0 rings (SSSR count). The minimum absolute atomic E-state index is 1.37. The van der Waals surface area contributed by atoms with Gasteiger partial charge >= 0.3 is 0 Å². The zero-order valence-corrected chi connectivity index (χ0v) is 28.7. The molecule has 0 aromatic heterocycles. The Morgan fingerprint density at radius 1 is 0.205 bits per heavy atom. The van der Waals surface area contributed by atoms with Gasteiger partial charge in [-0.1, -0.05) is 219 Å². The lowest BCUT2D eigenvalue weighted by Gasteiger charge is -2.05. The molecule has 0 heterocycles. The van der Waals surface area contributed by atoms with Crippen molar-refractivity contribution in [2.75, 3.05) is 11.5 Å². The van der Waals surface area contributed by atoms with Crippen molar-refractivity contribution in [1.82, 2.24) is 0 Å². The second-order valence-corrected chi connectivity index (χ2v) is 14.2. The van der Waals surface area contributed by atoms with Crippen molar-refractivity contribution in [1.29, 1.82) is 0 Å². The lowest BCUT2D eigenvalue weighted by atomic mass is 10.0. The minimum Gasteiger partial charge on any atom is -0.162 e. The summed E-state index contributed by atoms with van der Waals surface area (Å²) < 4.78 is 0. The Bertz CT molecular complexity index is 356. The highest BCUT2D eigenvalue weighted by molar-refractivity contribution is 7.99. The Morgan fingerprint density at radius 3 is 0.538 bits per heavy atom. The molecule has 0 spiro atoms. The van der Waals surface area contributed by atoms with Crippen molar-refractivity contribution in [3.05, 3.63) is 0 Å². The third kappa shape index (κ3) is 38.4. The van der Waals surface area contributed by atoms with Crippen LogP contribution >= 0.6 is 11.8 Å². The highest BCUT2D eigenvalue weighted by atomic mass is 32.2. The monoisotopic (exact) mass is 567 g/mol. The average Bonchev–Trinajstić information content (AvgIpc) is 2.95. The molecule has 0 aliphatic heterocycles. The van der Waals surface area contributed by atoms with Gasteiger partial charge in [0.25, 0.3) is 0 Å². The topological polar surface area (TPSA) is 0 Å². The largest absolute Gasteiger partial charge is 0.162 e. The van der Waals surface area contributed by atoms with Crippen LogP contribution < -0.4 is 0 Å². The maximum absolute atomic E-state index is 2.31. The van der Waals surface area contributed by atoms with Gasteiger partial charge in [0.1, 0.15) is 0 Å². The molecule has 0 unspecified atom stereocenters. The Morgan fingerprint density at radius 2 is 0.359 bits per heavy atom. The highest BCUT2D eigenvalue weighted by Crippen LogP contribution is 2.17. The van der Waals surface area contributed by atoms with Crippen LogP contribution in [0.1, 0.15) is 232 Å². The van der Waals surface area contributed by atoms with Gasteiger partial charge in [0.2, 0.25) is 0 Å². The molecule has 39 heavy (non-hydrogen) atoms. The van der Waals surface area contributed by atoms with E-state index in [1.165, 1.54) is 230 Å². The van der Waals surface area contributed by atoms with Crippen LogP contribution in [0.3, 0.4) is 0 Å². The van der Waals surface area contributed by atoms with Gasteiger partial charge in [-0.3, -0.25) is 0 Å². The fraction of sp³-hybridized carbons (Fsp3) is 1.00. The summed E-state index contributed by atoms with van der Waals surface area (Å²) in [6, 6.07) is 0. The van der Waals surface area contributed by atoms with E-state index in [-0.39, 0.29) is 0 Å². The van der Waals surface area contributed by atoms with Crippen molar-refractivity contribution in [2.24, 2.45) is 0 Å². The molecule has 0 aromatic carbocycles. The molecule has 0 aliphatic rings. The summed E-state index contributed by atoms with van der Waals surface area (Å²) in [5.41, 5.74) is 0. The molecule has 0 amide bonds. The van der Waals surface area contributed by atoms with E-state index in [9.17, 15) is 0 Å². The zero-order chi connectivity index (χ0) is 28.2. The molecule has 0 aromatic rings. The van der Waals surface area contributed by atoms with Crippen LogP contribution in [0.25, 0.3) is 0 Å². The Balaban J connectivity index is 3.01. The summed E-state index contributed by atoms with van der Waals surface area (Å²) in [4.78, 5) is 0. The number of thioether (sulfide) groups is 1. The quantitative estimate of drug-likeness (QED) is 0.0679. The van der Waals surface area contributed by atoms with E-state index in [0.29, 0.717) is 0 Å². The fourth-order valence-corrected chi connectivity index (χ4v) is 6.98. The summed E-state index contributed by atoms with van der Waals surface area (Å²) in [6.07, 6.45) is 50.2. The summed E-state index contributed by atoms with van der Waals surface area (Å²) in [5, 5.41) is 0. The van der Waals surface area contributed by atoms with Gasteiger partial charge in [-0.15, -0.1) is 0 Å². The molecule has 0 fully saturated rings. The molecule has 0 radical (unpaired) electrons. The van der Waals surface area contributed by atoms with Crippen LogP contribution in [0.4, 0.5) is 0 Å². The number of hydrogen-bond donors (Lipinski definition) is 0. The van der Waals surface area contributed by atoms with Gasteiger partial charge in [0.05, 0.1) is 0 Å². The second kappa shape index (κ2) is 38.4. The molecular weight excluding hydrogens is 488 g/mol. The van der Waals surface area contributed by atoms with Crippen LogP contribution in [-0.2, 0) is 0 Å². The predicted octanol–water partition coefficient (Wildman–Crippen LogP) is 15.0. The van der Waals surface area contributed by atoms with Crippen molar-refractivity contribution < 1.29 is 0 Å². The van der Waals surface area contributed by atoms with Gasteiger partial charge in [-0.05, 0) is 24.3 Å². The second-order valence-electron chi connectivity index (χ2n) is 12.9. The number of hydrogen-bond acceptors (Lipinski definition) is 1. The smallest absolute Gasteiger partial charge is 0.00675 e. The zero-order valence-electron chi connectivity index (χ0n) is 27.9. The van der Waals surface area contributed by atoms with E-state index in [0.717, 1.165) is 0 Å². The van der Waals surface area contributed by atoms with Gasteiger partial charge in [0.15, 0.2) is 0 Å². The molecule has 0 bridgehead atoms. The summed E-state index contributed by atoms with van der Waals surface area (Å²) >= 11 is 2.23. The van der Waals surface area contributed by atoms with Gasteiger partial charge < -0.3 is 0 Å². The molecule has 236 valence electrons. The van der Waals surface area contributed by atoms with Crippen molar-refractivity contribution in [3.8, 4) is 0 Å². The highest BCUT2D eigenvalue weighted by Gasteiger charge is 1.97. The van der Waals surface area contributed by atoms with Gasteiger partial charge in [-0.25, -0.2) is 0 Å². The van der Waals surface area contributed by atoms with Crippen molar-refractivity contribution >= 4 is 11.8 Å². The lowest BCUT2D eigenvalue weighted by molar-refractivity contribution is 0.529. The third-order valence-electron chi connectivity index (χ3n) is 8.78. The molecule has 0 saturated carbocycles. The standard InChI is InChI=1S/C38H78S/c1-3-5-7-9-11-13-15-17-19-21-23-25-27-29-31-33-35-37-39-38-36-34-32-30-28-26-24-22-20-18-16-14-12-10-8-6-4-2/h3-38H2,1-2H3. The molecule has 0 nitrogen and oxygen atoms in total. The normalized spacial score (nSPS) is 11.5. The van der Waals surface area contributed by atoms with E-state index < -0.39 is 0 Å². The predicted molar refractivity (Wildman–Crippen MR) is 186 cm³/mol. The SMILES string of the molecule is CCCCCCCCCCCCCCCCCCCSCCCCCCCCCCCCCCCCCCC. The maximum atomic E-state index is 2.31. The van der Waals surface area contributed by atoms with Crippen LogP contribution in [0.2, 0.25) is 0 Å². The van der Waals surface area contributed by atoms with Crippen LogP contribution in [0.15, 0.2) is 0 Å². The van der Waals surface area contributed by atoms with Crippen LogP contribution in [0.5, 0.6) is 0 Å². The number of rotatable bonds is 36. The number of unbranched alkanes of at least 4 members (excludes halogenated alkanes) is 32. The molecular formula is C38H78S. The fourth-order valence-electron chi connectivity index (χ4n) is 5.96. The lowest BCUT2D eigenvalue weighted by Crippen LogP contribution is -1.87. The first-order chi connectivity index (χ1) is 19.4. The van der Waals surface area contributed by atoms with Crippen molar-refractivity contribution in [3.63, 3.8) is 0 Å². The average molecular weight is 567 g/mol. The summed E-state index contributed by atoms with van der Waals surface area (Å²) in [7, 11) is 0. The van der Waals surface area contributed by atoms with E-state index in [1.807, 2.05) is 0 Å². The summed E-state index contributed by atoms with van der Waals surface area (Å²) in [6.45, 7) is 4.62. The summed E-state index contributed by atoms with van der Waals surface area (Å²) in [5.74, 6) is 2.83. The third-order valence-corrected chi connectivity index (χ3v) is 9.94. The molecule has 1 heteroatoms. The maximum Gasteiger partial charge on any atom is -0.00675 e. The van der Waals surface area contributed by atoms with E-state index in [1.54, 1.807) is 0 Å². The van der Waals surface area contributed by atoms with Crippen LogP contribution in [0, 0.1) is 0 Å². The Kier molecular flexibility index (Phi) is 38.7. The minimum atomic E-state index is 1.37. The van der Waals surface area contributed by atoms with Crippen LogP contribution in [-0.4, -0.2) is 11.5 Å². The molecule has 0 aliphatic carbocycles. The molecule has 0 saturated heterocycles. The first-order valence-corrected chi connectivity index (χ1v) is 20.1. The van der Waals surface area contributed by atoms with E-state index in [2.05, 4.69) is 25.6 Å². The van der Waals surface area contributed by atoms with Gasteiger partial charge in [0, 0.05) is 0 Å². The van der Waals surface area contributed by atoms with E-state index in [4.69, 9.17) is 0 Å². The molecule has 0 N–H and O–H groups in total. The van der Waals surface area contributed by atoms with Gasteiger partial charge in [-0.2, -0.15) is 11.8 Å². The first kappa shape index (κ1) is 39.4. The Hall–Kier alpha value is 0.350.